The molecule has 0 aliphatic heterocycles. The van der Waals surface area contributed by atoms with Crippen LogP contribution in [0.2, 0.25) is 0 Å². The van der Waals surface area contributed by atoms with Gasteiger partial charge in [0.05, 0.1) is 0 Å². The lowest BCUT2D eigenvalue weighted by atomic mass is 10.1. The first-order valence-corrected chi connectivity index (χ1v) is 6.67. The van der Waals surface area contributed by atoms with Gasteiger partial charge in [0.2, 0.25) is 5.91 Å². The van der Waals surface area contributed by atoms with Crippen molar-refractivity contribution in [3.05, 3.63) is 24.3 Å². The van der Waals surface area contributed by atoms with Gasteiger partial charge < -0.3 is 16.0 Å². The molecule has 0 aromatic heterocycles. The topological polar surface area (TPSA) is 70.2 Å². The molecule has 0 atom stereocenters. The zero-order valence-corrected chi connectivity index (χ0v) is 12.7. The zero-order valence-electron chi connectivity index (χ0n) is 12.7. The molecule has 0 fully saturated rings. The highest BCUT2D eigenvalue weighted by Gasteiger charge is 2.13. The lowest BCUT2D eigenvalue weighted by Crippen LogP contribution is -2.43. The highest BCUT2D eigenvalue weighted by molar-refractivity contribution is 5.94. The Morgan fingerprint density at radius 1 is 1.05 bits per heavy atom. The summed E-state index contributed by atoms with van der Waals surface area (Å²) in [5, 5.41) is 8.34. The average molecular weight is 277 g/mol. The molecule has 3 amide bonds. The van der Waals surface area contributed by atoms with E-state index in [2.05, 4.69) is 16.0 Å². The summed E-state index contributed by atoms with van der Waals surface area (Å²) in [5.41, 5.74) is 0.999. The fraction of sp³-hybridized carbons (Fsp3) is 0.467. The third-order valence-electron chi connectivity index (χ3n) is 2.40. The normalized spacial score (nSPS) is 11.1. The molecule has 0 aliphatic carbocycles. The predicted molar refractivity (Wildman–Crippen MR) is 81.8 cm³/mol. The molecule has 0 radical (unpaired) electrons. The minimum atomic E-state index is -0.298. The fourth-order valence-corrected chi connectivity index (χ4v) is 1.46. The molecule has 5 nitrogen and oxygen atoms in total. The predicted octanol–water partition coefficient (Wildman–Crippen LogP) is 3.20. The number of amides is 3. The van der Waals surface area contributed by atoms with Gasteiger partial charge in [-0.1, -0.05) is 19.9 Å². The summed E-state index contributed by atoms with van der Waals surface area (Å²) in [7, 11) is 0. The third kappa shape index (κ3) is 5.73. The van der Waals surface area contributed by atoms with Crippen LogP contribution in [0.4, 0.5) is 16.2 Å². The molecule has 0 heterocycles. The Morgan fingerprint density at radius 2 is 1.60 bits per heavy atom. The lowest BCUT2D eigenvalue weighted by Gasteiger charge is -2.21. The maximum Gasteiger partial charge on any atom is 0.319 e. The molecular weight excluding hydrogens is 254 g/mol. The number of hydrogen-bond donors (Lipinski definition) is 3. The number of hydrogen-bond acceptors (Lipinski definition) is 2. The van der Waals surface area contributed by atoms with Crippen LogP contribution in [0.1, 0.15) is 34.6 Å². The smallest absolute Gasteiger partial charge is 0.319 e. The van der Waals surface area contributed by atoms with E-state index in [9.17, 15) is 9.59 Å². The SMILES string of the molecule is CC(C)C(=O)Nc1cccc(NC(=O)NC(C)(C)C)c1. The second kappa shape index (κ2) is 6.41. The van der Waals surface area contributed by atoms with Gasteiger partial charge in [-0.15, -0.1) is 0 Å². The average Bonchev–Trinajstić information content (AvgIpc) is 2.26. The van der Waals surface area contributed by atoms with Crippen LogP contribution in [-0.2, 0) is 4.79 Å². The van der Waals surface area contributed by atoms with E-state index in [1.807, 2.05) is 34.6 Å². The summed E-state index contributed by atoms with van der Waals surface area (Å²) < 4.78 is 0. The van der Waals surface area contributed by atoms with Gasteiger partial charge >= 0.3 is 6.03 Å². The van der Waals surface area contributed by atoms with E-state index in [1.165, 1.54) is 0 Å². The molecule has 0 aliphatic rings. The molecule has 0 spiro atoms. The second-order valence-corrected chi connectivity index (χ2v) is 6.05. The maximum atomic E-state index is 11.8. The highest BCUT2D eigenvalue weighted by Crippen LogP contribution is 2.16. The standard InChI is InChI=1S/C15H23N3O2/c1-10(2)13(19)16-11-7-6-8-12(9-11)17-14(20)18-15(3,4)5/h6-10H,1-5H3,(H,16,19)(H2,17,18,20). The Balaban J connectivity index is 2.69. The fourth-order valence-electron chi connectivity index (χ4n) is 1.46. The first kappa shape index (κ1) is 16.0. The number of benzene rings is 1. The van der Waals surface area contributed by atoms with Gasteiger partial charge in [-0.05, 0) is 39.0 Å². The number of carbonyl (C=O) groups excluding carboxylic acids is 2. The number of urea groups is 1. The van der Waals surface area contributed by atoms with Crippen LogP contribution < -0.4 is 16.0 Å². The third-order valence-corrected chi connectivity index (χ3v) is 2.40. The monoisotopic (exact) mass is 277 g/mol. The second-order valence-electron chi connectivity index (χ2n) is 6.05. The molecule has 0 unspecified atom stereocenters. The molecule has 0 saturated heterocycles. The van der Waals surface area contributed by atoms with E-state index in [1.54, 1.807) is 24.3 Å². The summed E-state index contributed by atoms with van der Waals surface area (Å²) >= 11 is 0. The molecule has 0 saturated carbocycles. The van der Waals surface area contributed by atoms with Crippen molar-refractivity contribution in [2.45, 2.75) is 40.2 Å². The quantitative estimate of drug-likeness (QED) is 0.794. The van der Waals surface area contributed by atoms with Crippen molar-refractivity contribution in [2.24, 2.45) is 5.92 Å². The first-order valence-electron chi connectivity index (χ1n) is 6.67. The number of carbonyl (C=O) groups is 2. The number of rotatable bonds is 3. The van der Waals surface area contributed by atoms with Crippen molar-refractivity contribution in [2.75, 3.05) is 10.6 Å². The minimum absolute atomic E-state index is 0.0544. The summed E-state index contributed by atoms with van der Waals surface area (Å²) in [4.78, 5) is 23.4. The molecule has 1 aromatic carbocycles. The van der Waals surface area contributed by atoms with Crippen LogP contribution in [0.15, 0.2) is 24.3 Å². The molecular formula is C15H23N3O2. The molecule has 0 bridgehead atoms. The largest absolute Gasteiger partial charge is 0.333 e. The Kier molecular flexibility index (Phi) is 5.13. The Morgan fingerprint density at radius 3 is 2.10 bits per heavy atom. The molecule has 1 aromatic rings. The van der Waals surface area contributed by atoms with Gasteiger partial charge in [0, 0.05) is 22.8 Å². The minimum Gasteiger partial charge on any atom is -0.333 e. The molecule has 3 N–H and O–H groups in total. The van der Waals surface area contributed by atoms with Crippen molar-refractivity contribution < 1.29 is 9.59 Å². The van der Waals surface area contributed by atoms with Crippen molar-refractivity contribution in [1.82, 2.24) is 5.32 Å². The molecule has 5 heteroatoms. The van der Waals surface area contributed by atoms with E-state index >= 15 is 0 Å². The Bertz CT molecular complexity index is 490. The van der Waals surface area contributed by atoms with E-state index in [0.29, 0.717) is 11.4 Å². The summed E-state index contributed by atoms with van der Waals surface area (Å²) in [6.45, 7) is 9.38. The van der Waals surface area contributed by atoms with Crippen molar-refractivity contribution in [1.29, 1.82) is 0 Å². The van der Waals surface area contributed by atoms with Gasteiger partial charge in [0.1, 0.15) is 0 Å². The van der Waals surface area contributed by atoms with Gasteiger partial charge in [-0.2, -0.15) is 0 Å². The maximum absolute atomic E-state index is 11.8. The van der Waals surface area contributed by atoms with E-state index in [0.717, 1.165) is 0 Å². The van der Waals surface area contributed by atoms with Crippen LogP contribution in [0, 0.1) is 5.92 Å². The number of anilines is 2. The van der Waals surface area contributed by atoms with Gasteiger partial charge in [-0.25, -0.2) is 4.79 Å². The van der Waals surface area contributed by atoms with Crippen molar-refractivity contribution >= 4 is 23.3 Å². The summed E-state index contributed by atoms with van der Waals surface area (Å²) in [6, 6.07) is 6.79. The van der Waals surface area contributed by atoms with Crippen molar-refractivity contribution in [3.8, 4) is 0 Å². The van der Waals surface area contributed by atoms with Gasteiger partial charge in [0.15, 0.2) is 0 Å². The van der Waals surface area contributed by atoms with E-state index in [-0.39, 0.29) is 23.4 Å². The first-order chi connectivity index (χ1) is 9.17. The van der Waals surface area contributed by atoms with Gasteiger partial charge in [-0.3, -0.25) is 4.79 Å². The van der Waals surface area contributed by atoms with Gasteiger partial charge in [0.25, 0.3) is 0 Å². The Labute approximate surface area is 120 Å². The summed E-state index contributed by atoms with van der Waals surface area (Å²) in [6.07, 6.45) is 0. The summed E-state index contributed by atoms with van der Waals surface area (Å²) in [5.74, 6) is -0.142. The molecule has 20 heavy (non-hydrogen) atoms. The molecule has 110 valence electrons. The Hall–Kier alpha value is -2.04. The van der Waals surface area contributed by atoms with Crippen LogP contribution in [0.25, 0.3) is 0 Å². The highest BCUT2D eigenvalue weighted by atomic mass is 16.2. The van der Waals surface area contributed by atoms with Crippen LogP contribution in [0.3, 0.4) is 0 Å². The van der Waals surface area contributed by atoms with Crippen LogP contribution in [-0.4, -0.2) is 17.5 Å². The van der Waals surface area contributed by atoms with E-state index < -0.39 is 0 Å². The lowest BCUT2D eigenvalue weighted by molar-refractivity contribution is -0.118. The zero-order chi connectivity index (χ0) is 15.3. The van der Waals surface area contributed by atoms with Crippen LogP contribution in [0.5, 0.6) is 0 Å². The van der Waals surface area contributed by atoms with Crippen molar-refractivity contribution in [3.63, 3.8) is 0 Å². The van der Waals surface area contributed by atoms with E-state index in [4.69, 9.17) is 0 Å². The van der Waals surface area contributed by atoms with Crippen LogP contribution >= 0.6 is 0 Å². The number of nitrogens with one attached hydrogen (secondary N) is 3. The molecule has 1 rings (SSSR count).